The largest absolute Gasteiger partial charge is 0.398 e. The number of hydrogen-bond acceptors (Lipinski definition) is 5. The Morgan fingerprint density at radius 1 is 1.13 bits per heavy atom. The van der Waals surface area contributed by atoms with Crippen LogP contribution in [0, 0.1) is 16.7 Å². The van der Waals surface area contributed by atoms with Crippen LogP contribution >= 0.6 is 0 Å². The van der Waals surface area contributed by atoms with Crippen LogP contribution in [0.3, 0.4) is 0 Å². The molecule has 0 saturated heterocycles. The zero-order chi connectivity index (χ0) is 21.1. The van der Waals surface area contributed by atoms with Crippen molar-refractivity contribution in [3.63, 3.8) is 0 Å². The molecule has 1 atom stereocenters. The van der Waals surface area contributed by atoms with Gasteiger partial charge in [-0.15, -0.1) is 0 Å². The fraction of sp³-hybridized carbons (Fsp3) is 0.160. The van der Waals surface area contributed by atoms with Crippen LogP contribution in [0.15, 0.2) is 60.7 Å². The number of carbonyl (C=O) groups is 1. The summed E-state index contributed by atoms with van der Waals surface area (Å²) in [5, 5.41) is 21.3. The van der Waals surface area contributed by atoms with Crippen molar-refractivity contribution < 1.29 is 4.79 Å². The topological polar surface area (TPSA) is 103 Å². The van der Waals surface area contributed by atoms with E-state index in [1.54, 1.807) is 24.3 Å². The molecule has 1 aliphatic carbocycles. The monoisotopic (exact) mass is 394 g/mol. The summed E-state index contributed by atoms with van der Waals surface area (Å²) in [5.41, 5.74) is 13.0. The molecule has 0 spiro atoms. The molecule has 0 aliphatic heterocycles. The summed E-state index contributed by atoms with van der Waals surface area (Å²) in [7, 11) is 0. The van der Waals surface area contributed by atoms with Gasteiger partial charge in [-0.3, -0.25) is 10.2 Å². The molecule has 4 rings (SSSR count). The Morgan fingerprint density at radius 3 is 2.67 bits per heavy atom. The van der Waals surface area contributed by atoms with Gasteiger partial charge in [0.05, 0.1) is 23.4 Å². The van der Waals surface area contributed by atoms with Crippen LogP contribution in [0.2, 0.25) is 0 Å². The Morgan fingerprint density at radius 2 is 1.93 bits per heavy atom. The Bertz CT molecular complexity index is 1160. The van der Waals surface area contributed by atoms with Gasteiger partial charge in [-0.1, -0.05) is 30.3 Å². The first-order chi connectivity index (χ1) is 14.6. The number of aryl methyl sites for hydroxylation is 1. The van der Waals surface area contributed by atoms with Crippen LogP contribution in [0.4, 0.5) is 11.4 Å². The molecular weight excluding hydrogens is 372 g/mol. The first kappa shape index (κ1) is 19.4. The molecule has 0 radical (unpaired) electrons. The lowest BCUT2D eigenvalue weighted by molar-refractivity contribution is 0.112. The number of fused-ring (bicyclic) bond motifs is 1. The van der Waals surface area contributed by atoms with Crippen LogP contribution in [0.1, 0.15) is 57.1 Å². The Labute approximate surface area is 175 Å². The van der Waals surface area contributed by atoms with E-state index < -0.39 is 0 Å². The van der Waals surface area contributed by atoms with Crippen molar-refractivity contribution in [3.8, 4) is 6.07 Å². The van der Waals surface area contributed by atoms with Crippen molar-refractivity contribution in [2.24, 2.45) is 0 Å². The SMILES string of the molecule is N#Cc1ccc2c(c1)CCCC2Nc1ccc(N)c(C(=N)c2ccc(C=O)cc2)c1. The number of nitrogens with one attached hydrogen (secondary N) is 2. The zero-order valence-electron chi connectivity index (χ0n) is 16.5. The first-order valence-electron chi connectivity index (χ1n) is 9.92. The highest BCUT2D eigenvalue weighted by Gasteiger charge is 2.21. The van der Waals surface area contributed by atoms with Crippen LogP contribution in [-0.4, -0.2) is 12.0 Å². The maximum atomic E-state index is 10.9. The molecule has 1 aliphatic rings. The number of nitrogens with two attached hydrogens (primary N) is 1. The molecular formula is C25H22N4O. The van der Waals surface area contributed by atoms with Gasteiger partial charge < -0.3 is 11.1 Å². The normalized spacial score (nSPS) is 15.0. The number of hydrogen-bond donors (Lipinski definition) is 3. The third-order valence-corrected chi connectivity index (χ3v) is 5.59. The lowest BCUT2D eigenvalue weighted by Gasteiger charge is -2.27. The summed E-state index contributed by atoms with van der Waals surface area (Å²) in [5.74, 6) is 0. The number of aldehydes is 1. The highest BCUT2D eigenvalue weighted by molar-refractivity contribution is 6.14. The second-order valence-electron chi connectivity index (χ2n) is 7.53. The van der Waals surface area contributed by atoms with Crippen LogP contribution in [0.25, 0.3) is 0 Å². The Balaban J connectivity index is 1.61. The summed E-state index contributed by atoms with van der Waals surface area (Å²) in [6, 6.07) is 20.8. The van der Waals surface area contributed by atoms with E-state index in [2.05, 4.69) is 11.4 Å². The smallest absolute Gasteiger partial charge is 0.150 e. The second kappa shape index (κ2) is 8.22. The van der Waals surface area contributed by atoms with E-state index in [1.165, 1.54) is 11.1 Å². The molecule has 4 N–H and O–H groups in total. The summed E-state index contributed by atoms with van der Waals surface area (Å²) in [4.78, 5) is 10.9. The Kier molecular flexibility index (Phi) is 5.32. The number of nitrogen functional groups attached to an aromatic ring is 1. The average Bonchev–Trinajstić information content (AvgIpc) is 2.79. The van der Waals surface area contributed by atoms with Gasteiger partial charge in [0.1, 0.15) is 6.29 Å². The van der Waals surface area contributed by atoms with Crippen LogP contribution < -0.4 is 11.1 Å². The quantitative estimate of drug-likeness (QED) is 0.327. The minimum absolute atomic E-state index is 0.152. The number of nitriles is 1. The molecule has 0 amide bonds. The predicted octanol–water partition coefficient (Wildman–Crippen LogP) is 4.86. The highest BCUT2D eigenvalue weighted by atomic mass is 16.1. The standard InChI is InChI=1S/C25H22N4O/c26-14-17-6-10-21-19(12-17)2-1-3-24(21)29-20-9-11-23(27)22(13-20)25(28)18-7-4-16(15-30)5-8-18/h4-13,15,24,28-29H,1-3,27H2. The third kappa shape index (κ3) is 3.81. The summed E-state index contributed by atoms with van der Waals surface area (Å²) in [6.07, 6.45) is 3.83. The molecule has 0 bridgehead atoms. The molecule has 148 valence electrons. The molecule has 0 saturated carbocycles. The molecule has 0 aromatic heterocycles. The van der Waals surface area contributed by atoms with E-state index in [0.29, 0.717) is 33.7 Å². The van der Waals surface area contributed by atoms with Crippen molar-refractivity contribution in [2.45, 2.75) is 25.3 Å². The zero-order valence-corrected chi connectivity index (χ0v) is 16.5. The number of nitrogens with zero attached hydrogens (tertiary/aromatic N) is 1. The summed E-state index contributed by atoms with van der Waals surface area (Å²) >= 11 is 0. The number of rotatable bonds is 5. The predicted molar refractivity (Wildman–Crippen MR) is 119 cm³/mol. The summed E-state index contributed by atoms with van der Waals surface area (Å²) < 4.78 is 0. The minimum Gasteiger partial charge on any atom is -0.398 e. The first-order valence-corrected chi connectivity index (χ1v) is 9.92. The van der Waals surface area contributed by atoms with Crippen LogP contribution in [0.5, 0.6) is 0 Å². The van der Waals surface area contributed by atoms with Gasteiger partial charge >= 0.3 is 0 Å². The highest BCUT2D eigenvalue weighted by Crippen LogP contribution is 2.34. The van der Waals surface area contributed by atoms with Crippen molar-refractivity contribution in [1.29, 1.82) is 10.7 Å². The molecule has 3 aromatic carbocycles. The van der Waals surface area contributed by atoms with Crippen molar-refractivity contribution in [3.05, 3.63) is 94.0 Å². The molecule has 5 nitrogen and oxygen atoms in total. The Hall–Kier alpha value is -3.91. The van der Waals surface area contributed by atoms with Gasteiger partial charge in [-0.25, -0.2) is 0 Å². The lowest BCUT2D eigenvalue weighted by Crippen LogP contribution is -2.18. The van der Waals surface area contributed by atoms with Crippen molar-refractivity contribution >= 4 is 23.4 Å². The van der Waals surface area contributed by atoms with E-state index in [1.807, 2.05) is 36.4 Å². The van der Waals surface area contributed by atoms with Gasteiger partial charge in [0.2, 0.25) is 0 Å². The summed E-state index contributed by atoms with van der Waals surface area (Å²) in [6.45, 7) is 0. The number of carbonyl (C=O) groups excluding carboxylic acids is 1. The van der Waals surface area contributed by atoms with Crippen molar-refractivity contribution in [1.82, 2.24) is 0 Å². The molecule has 1 unspecified atom stereocenters. The van der Waals surface area contributed by atoms with Gasteiger partial charge in [-0.05, 0) is 60.7 Å². The third-order valence-electron chi connectivity index (χ3n) is 5.59. The molecule has 0 heterocycles. The molecule has 5 heteroatoms. The average molecular weight is 394 g/mol. The maximum Gasteiger partial charge on any atom is 0.150 e. The molecule has 3 aromatic rings. The fourth-order valence-electron chi connectivity index (χ4n) is 3.98. The van der Waals surface area contributed by atoms with E-state index in [-0.39, 0.29) is 6.04 Å². The second-order valence-corrected chi connectivity index (χ2v) is 7.53. The minimum atomic E-state index is 0.152. The van der Waals surface area contributed by atoms with Gasteiger partial charge in [0, 0.05) is 28.1 Å². The number of benzene rings is 3. The number of anilines is 2. The maximum absolute atomic E-state index is 10.9. The molecule has 30 heavy (non-hydrogen) atoms. The van der Waals surface area contributed by atoms with E-state index in [0.717, 1.165) is 31.2 Å². The lowest BCUT2D eigenvalue weighted by atomic mass is 9.86. The van der Waals surface area contributed by atoms with Gasteiger partial charge in [0.15, 0.2) is 0 Å². The van der Waals surface area contributed by atoms with Crippen molar-refractivity contribution in [2.75, 3.05) is 11.1 Å². The van der Waals surface area contributed by atoms with Gasteiger partial charge in [-0.2, -0.15) is 5.26 Å². The van der Waals surface area contributed by atoms with E-state index in [9.17, 15) is 4.79 Å². The van der Waals surface area contributed by atoms with Gasteiger partial charge in [0.25, 0.3) is 0 Å². The van der Waals surface area contributed by atoms with Crippen LogP contribution in [-0.2, 0) is 6.42 Å². The fourth-order valence-corrected chi connectivity index (χ4v) is 3.98. The van der Waals surface area contributed by atoms with E-state index in [4.69, 9.17) is 16.4 Å². The molecule has 0 fully saturated rings. The van der Waals surface area contributed by atoms with E-state index >= 15 is 0 Å².